The third-order valence-electron chi connectivity index (χ3n) is 15.9. The van der Waals surface area contributed by atoms with Crippen LogP contribution in [0.5, 0.6) is 0 Å². The fourth-order valence-corrected chi connectivity index (χ4v) is 12.4. The summed E-state index contributed by atoms with van der Waals surface area (Å²) in [5.74, 6) is 0. The number of fused-ring (bicyclic) bond motifs is 7. The molecule has 0 amide bonds. The zero-order valence-electron chi connectivity index (χ0n) is 40.6. The molecule has 0 spiro atoms. The van der Waals surface area contributed by atoms with E-state index in [1.165, 1.54) is 101 Å². The van der Waals surface area contributed by atoms with Crippen LogP contribution in [0.15, 0.2) is 243 Å². The van der Waals surface area contributed by atoms with Crippen molar-refractivity contribution in [3.63, 3.8) is 0 Å². The molecule has 0 aromatic heterocycles. The van der Waals surface area contributed by atoms with Crippen molar-refractivity contribution < 1.29 is 0 Å². The second kappa shape index (κ2) is 16.3. The van der Waals surface area contributed by atoms with Crippen molar-refractivity contribution in [3.8, 4) is 22.3 Å². The SMILES string of the molecule is CC1(C)c2ccccc2N(c2ccccc2)c2ccc(-c3ccc(/C=C/c4ccc5c(c4)C(c4ccccc4)(c4ccccc4)c4cc6c(cc4-5)C(C)(C)c4ccccc4N6c4ccccc4)cc3)cc21. The summed E-state index contributed by atoms with van der Waals surface area (Å²) >= 11 is 0. The minimum absolute atomic E-state index is 0.171. The standard InChI is InChI=1S/C69H54N2/c1-67(2)57-29-17-19-31-63(57)70(53-25-13-7-14-26-53)65-42-40-50(44-61(65)67)49-38-35-47(36-39-49)33-34-48-37-41-55-56-45-62-66(71(54-27-15-8-16-28-54)64-32-20-18-30-58(64)68(62,3)4)46-60(56)69(59(55)43-48,51-21-9-5-10-22-51)52-23-11-6-12-24-52/h5-46H,1-4H3/b34-33+. The van der Waals surface area contributed by atoms with E-state index < -0.39 is 5.41 Å². The Morgan fingerprint density at radius 1 is 0.296 bits per heavy atom. The first-order valence-corrected chi connectivity index (χ1v) is 25.0. The van der Waals surface area contributed by atoms with Crippen LogP contribution in [0.3, 0.4) is 0 Å². The molecule has 0 fully saturated rings. The van der Waals surface area contributed by atoms with Crippen molar-refractivity contribution in [2.24, 2.45) is 0 Å². The molecule has 3 aliphatic rings. The quantitative estimate of drug-likeness (QED) is 0.147. The Morgan fingerprint density at radius 3 is 1.31 bits per heavy atom. The summed E-state index contributed by atoms with van der Waals surface area (Å²) in [6.45, 7) is 9.50. The highest BCUT2D eigenvalue weighted by Gasteiger charge is 2.49. The first-order chi connectivity index (χ1) is 34.7. The predicted molar refractivity (Wildman–Crippen MR) is 298 cm³/mol. The van der Waals surface area contributed by atoms with Gasteiger partial charge in [0.1, 0.15) is 0 Å². The smallest absolute Gasteiger partial charge is 0.0714 e. The molecular formula is C69H54N2. The van der Waals surface area contributed by atoms with E-state index in [1.54, 1.807) is 0 Å². The lowest BCUT2D eigenvalue weighted by molar-refractivity contribution is 0.631. The second-order valence-electron chi connectivity index (χ2n) is 20.5. The van der Waals surface area contributed by atoms with Crippen LogP contribution < -0.4 is 9.80 Å². The number of hydrogen-bond donors (Lipinski definition) is 0. The fourth-order valence-electron chi connectivity index (χ4n) is 12.4. The lowest BCUT2D eigenvalue weighted by Gasteiger charge is -2.43. The zero-order chi connectivity index (χ0) is 47.9. The van der Waals surface area contributed by atoms with Gasteiger partial charge >= 0.3 is 0 Å². The van der Waals surface area contributed by atoms with Gasteiger partial charge in [-0.2, -0.15) is 0 Å². The Bertz CT molecular complexity index is 3640. The van der Waals surface area contributed by atoms with Crippen LogP contribution in [-0.4, -0.2) is 0 Å². The van der Waals surface area contributed by atoms with Gasteiger partial charge in [0.2, 0.25) is 0 Å². The van der Waals surface area contributed by atoms with E-state index in [2.05, 4.69) is 292 Å². The number of nitrogens with zero attached hydrogens (tertiary/aromatic N) is 2. The number of hydrogen-bond acceptors (Lipinski definition) is 2. The number of benzene rings is 10. The van der Waals surface area contributed by atoms with E-state index in [1.807, 2.05) is 0 Å². The van der Waals surface area contributed by atoms with Gasteiger partial charge in [-0.25, -0.2) is 0 Å². The van der Waals surface area contributed by atoms with Crippen molar-refractivity contribution in [3.05, 3.63) is 298 Å². The Labute approximate surface area is 418 Å². The van der Waals surface area contributed by atoms with Gasteiger partial charge in [0.05, 0.1) is 28.2 Å². The molecule has 2 aliphatic heterocycles. The summed E-state index contributed by atoms with van der Waals surface area (Å²) in [5.41, 5.74) is 24.0. The summed E-state index contributed by atoms with van der Waals surface area (Å²) in [4.78, 5) is 4.91. The molecule has 340 valence electrons. The number of rotatable bonds is 7. The van der Waals surface area contributed by atoms with Crippen molar-refractivity contribution in [2.75, 3.05) is 9.80 Å². The van der Waals surface area contributed by atoms with Crippen LogP contribution in [0.4, 0.5) is 34.1 Å². The third kappa shape index (κ3) is 6.55. The lowest BCUT2D eigenvalue weighted by Crippen LogP contribution is -2.32. The number of para-hydroxylation sites is 4. The minimum Gasteiger partial charge on any atom is -0.310 e. The van der Waals surface area contributed by atoms with Crippen LogP contribution in [-0.2, 0) is 16.2 Å². The molecule has 2 heteroatoms. The minimum atomic E-state index is -0.569. The molecule has 10 aromatic carbocycles. The Morgan fingerprint density at radius 2 is 0.732 bits per heavy atom. The summed E-state index contributed by atoms with van der Waals surface area (Å²) in [6, 6.07) is 90.1. The lowest BCUT2D eigenvalue weighted by atomic mass is 9.66. The summed E-state index contributed by atoms with van der Waals surface area (Å²) in [7, 11) is 0. The number of anilines is 6. The van der Waals surface area contributed by atoms with E-state index in [9.17, 15) is 0 Å². The van der Waals surface area contributed by atoms with Crippen molar-refractivity contribution in [1.29, 1.82) is 0 Å². The van der Waals surface area contributed by atoms with E-state index in [0.717, 1.165) is 11.3 Å². The molecule has 0 saturated carbocycles. The maximum absolute atomic E-state index is 2.54. The van der Waals surface area contributed by atoms with Crippen LogP contribution in [0, 0.1) is 0 Å². The highest BCUT2D eigenvalue weighted by molar-refractivity contribution is 5.95. The fraction of sp³-hybridized carbons (Fsp3) is 0.101. The van der Waals surface area contributed by atoms with E-state index in [-0.39, 0.29) is 10.8 Å². The van der Waals surface area contributed by atoms with Gasteiger partial charge in [-0.15, -0.1) is 0 Å². The van der Waals surface area contributed by atoms with E-state index in [4.69, 9.17) is 0 Å². The van der Waals surface area contributed by atoms with Crippen molar-refractivity contribution in [2.45, 2.75) is 43.9 Å². The van der Waals surface area contributed by atoms with Crippen LogP contribution >= 0.6 is 0 Å². The zero-order valence-corrected chi connectivity index (χ0v) is 40.6. The first kappa shape index (κ1) is 42.6. The second-order valence-corrected chi connectivity index (χ2v) is 20.5. The first-order valence-electron chi connectivity index (χ1n) is 25.0. The van der Waals surface area contributed by atoms with E-state index in [0.29, 0.717) is 0 Å². The van der Waals surface area contributed by atoms with Gasteiger partial charge in [-0.1, -0.05) is 216 Å². The molecule has 0 bridgehead atoms. The van der Waals surface area contributed by atoms with Gasteiger partial charge in [-0.05, 0) is 145 Å². The molecule has 0 radical (unpaired) electrons. The van der Waals surface area contributed by atoms with Gasteiger partial charge < -0.3 is 9.80 Å². The molecule has 0 atom stereocenters. The van der Waals surface area contributed by atoms with Gasteiger partial charge in [0, 0.05) is 22.2 Å². The van der Waals surface area contributed by atoms with Crippen molar-refractivity contribution >= 4 is 46.3 Å². The maximum Gasteiger partial charge on any atom is 0.0714 e. The average molecular weight is 911 g/mol. The molecule has 0 saturated heterocycles. The monoisotopic (exact) mass is 910 g/mol. The summed E-state index contributed by atoms with van der Waals surface area (Å²) in [5, 5.41) is 0. The largest absolute Gasteiger partial charge is 0.310 e. The molecular weight excluding hydrogens is 857 g/mol. The third-order valence-corrected chi connectivity index (χ3v) is 15.9. The summed E-state index contributed by atoms with van der Waals surface area (Å²) < 4.78 is 0. The molecule has 2 nitrogen and oxygen atoms in total. The summed E-state index contributed by atoms with van der Waals surface area (Å²) in [6.07, 6.45) is 4.55. The van der Waals surface area contributed by atoms with E-state index >= 15 is 0 Å². The van der Waals surface area contributed by atoms with Gasteiger partial charge in [0.15, 0.2) is 0 Å². The average Bonchev–Trinajstić information content (AvgIpc) is 3.71. The highest BCUT2D eigenvalue weighted by atomic mass is 15.2. The molecule has 13 rings (SSSR count). The topological polar surface area (TPSA) is 6.48 Å². The molecule has 0 N–H and O–H groups in total. The van der Waals surface area contributed by atoms with Gasteiger partial charge in [-0.3, -0.25) is 0 Å². The maximum atomic E-state index is 2.54. The predicted octanol–water partition coefficient (Wildman–Crippen LogP) is 18.1. The molecule has 2 heterocycles. The molecule has 10 aromatic rings. The normalized spacial score (nSPS) is 15.3. The van der Waals surface area contributed by atoms with Crippen LogP contribution in [0.1, 0.15) is 83.3 Å². The molecule has 71 heavy (non-hydrogen) atoms. The Kier molecular flexibility index (Phi) is 9.80. The van der Waals surface area contributed by atoms with Crippen molar-refractivity contribution in [1.82, 2.24) is 0 Å². The molecule has 0 unspecified atom stereocenters. The van der Waals surface area contributed by atoms with Crippen LogP contribution in [0.2, 0.25) is 0 Å². The highest BCUT2D eigenvalue weighted by Crippen LogP contribution is 2.61. The van der Waals surface area contributed by atoms with Crippen LogP contribution in [0.25, 0.3) is 34.4 Å². The molecule has 1 aliphatic carbocycles. The Balaban J connectivity index is 0.905. The Hall–Kier alpha value is -8.46. The van der Waals surface area contributed by atoms with Gasteiger partial charge in [0.25, 0.3) is 0 Å².